The minimum Gasteiger partial charge on any atom is -0.478 e. The molecule has 4 nitrogen and oxygen atoms in total. The molecule has 0 aliphatic heterocycles. The predicted molar refractivity (Wildman–Crippen MR) is 74.7 cm³/mol. The van der Waals surface area contributed by atoms with Crippen molar-refractivity contribution in [2.24, 2.45) is 0 Å². The fraction of sp³-hybridized carbons (Fsp3) is 0.0667. The first-order valence-corrected chi connectivity index (χ1v) is 5.72. The third-order valence-electron chi connectivity index (χ3n) is 2.59. The van der Waals surface area contributed by atoms with Crippen LogP contribution >= 0.6 is 0 Å². The number of benzene rings is 2. The van der Waals surface area contributed by atoms with E-state index >= 15 is 0 Å². The van der Waals surface area contributed by atoms with Crippen LogP contribution < -0.4 is 0 Å². The Labute approximate surface area is 146 Å². The van der Waals surface area contributed by atoms with Crippen molar-refractivity contribution in [3.8, 4) is 0 Å². The van der Waals surface area contributed by atoms with Crippen molar-refractivity contribution in [1.29, 1.82) is 0 Å². The number of esters is 1. The molecule has 0 atom stereocenters. The Kier molecular flexibility index (Phi) is 6.71. The SMILES string of the molecule is O=C(O)c1ccccc1C(=O)OCc1ccccc1.[Ca]. The van der Waals surface area contributed by atoms with Gasteiger partial charge < -0.3 is 9.84 Å². The number of aromatic carboxylic acids is 1. The molecule has 0 bridgehead atoms. The van der Waals surface area contributed by atoms with Crippen LogP contribution in [0.3, 0.4) is 0 Å². The molecular formula is C15H12CaO4. The normalized spacial score (nSPS) is 9.40. The minimum absolute atomic E-state index is 0. The number of hydrogen-bond acceptors (Lipinski definition) is 3. The van der Waals surface area contributed by atoms with Gasteiger partial charge >= 0.3 is 11.9 Å². The Hall–Kier alpha value is -1.36. The molecule has 98 valence electrons. The molecule has 2 aromatic carbocycles. The second-order valence-corrected chi connectivity index (χ2v) is 3.91. The molecule has 0 saturated carbocycles. The molecule has 0 amide bonds. The van der Waals surface area contributed by atoms with Gasteiger partial charge in [0.15, 0.2) is 0 Å². The summed E-state index contributed by atoms with van der Waals surface area (Å²) in [6.45, 7) is 0.119. The van der Waals surface area contributed by atoms with Crippen LogP contribution in [-0.2, 0) is 11.3 Å². The number of carbonyl (C=O) groups is 2. The van der Waals surface area contributed by atoms with Gasteiger partial charge in [-0.1, -0.05) is 42.5 Å². The van der Waals surface area contributed by atoms with Gasteiger partial charge in [0.1, 0.15) is 6.61 Å². The van der Waals surface area contributed by atoms with Gasteiger partial charge in [-0.25, -0.2) is 9.59 Å². The summed E-state index contributed by atoms with van der Waals surface area (Å²) in [6, 6.07) is 15.2. The second-order valence-electron chi connectivity index (χ2n) is 3.91. The van der Waals surface area contributed by atoms with E-state index in [2.05, 4.69) is 0 Å². The van der Waals surface area contributed by atoms with E-state index < -0.39 is 11.9 Å². The second kappa shape index (κ2) is 8.04. The first-order valence-electron chi connectivity index (χ1n) is 5.72. The predicted octanol–water partition coefficient (Wildman–Crippen LogP) is 2.36. The first kappa shape index (κ1) is 16.7. The molecule has 2 radical (unpaired) electrons. The fourth-order valence-corrected chi connectivity index (χ4v) is 1.65. The Morgan fingerprint density at radius 2 is 1.45 bits per heavy atom. The summed E-state index contributed by atoms with van der Waals surface area (Å²) in [5.41, 5.74) is 0.857. The van der Waals surface area contributed by atoms with Gasteiger partial charge in [-0.15, -0.1) is 0 Å². The van der Waals surface area contributed by atoms with Crippen LogP contribution in [0.4, 0.5) is 0 Å². The van der Waals surface area contributed by atoms with Gasteiger partial charge in [0.25, 0.3) is 0 Å². The Morgan fingerprint density at radius 3 is 2.05 bits per heavy atom. The molecule has 0 saturated heterocycles. The average molecular weight is 296 g/mol. The summed E-state index contributed by atoms with van der Waals surface area (Å²) in [5.74, 6) is -1.78. The molecule has 0 aliphatic rings. The van der Waals surface area contributed by atoms with Crippen LogP contribution in [0.1, 0.15) is 26.3 Å². The Morgan fingerprint density at radius 1 is 0.900 bits per heavy atom. The van der Waals surface area contributed by atoms with Crippen molar-refractivity contribution in [1.82, 2.24) is 0 Å². The summed E-state index contributed by atoms with van der Waals surface area (Å²) in [4.78, 5) is 22.9. The van der Waals surface area contributed by atoms with E-state index in [-0.39, 0.29) is 55.5 Å². The Balaban J connectivity index is 0.00000200. The van der Waals surface area contributed by atoms with E-state index in [9.17, 15) is 9.59 Å². The summed E-state index contributed by atoms with van der Waals surface area (Å²) < 4.78 is 5.10. The van der Waals surface area contributed by atoms with Crippen molar-refractivity contribution >= 4 is 49.7 Å². The number of ether oxygens (including phenoxy) is 1. The van der Waals surface area contributed by atoms with E-state index in [0.29, 0.717) is 0 Å². The van der Waals surface area contributed by atoms with E-state index in [1.165, 1.54) is 12.1 Å². The maximum Gasteiger partial charge on any atom is 0.339 e. The zero-order chi connectivity index (χ0) is 13.7. The number of hydrogen-bond donors (Lipinski definition) is 1. The minimum atomic E-state index is -1.15. The number of carboxylic acids is 1. The number of carbonyl (C=O) groups excluding carboxylic acids is 1. The summed E-state index contributed by atoms with van der Waals surface area (Å²) in [5, 5.41) is 8.99. The Bertz CT molecular complexity index is 596. The maximum absolute atomic E-state index is 11.9. The van der Waals surface area contributed by atoms with Gasteiger partial charge in [0.2, 0.25) is 0 Å². The molecule has 20 heavy (non-hydrogen) atoms. The molecule has 0 unspecified atom stereocenters. The smallest absolute Gasteiger partial charge is 0.339 e. The first-order chi connectivity index (χ1) is 9.18. The largest absolute Gasteiger partial charge is 0.478 e. The maximum atomic E-state index is 11.9. The standard InChI is InChI=1S/C15H12O4.Ca/c16-14(17)12-8-4-5-9-13(12)15(18)19-10-11-6-2-1-3-7-11;/h1-9H,10H2,(H,16,17);. The third kappa shape index (κ3) is 4.34. The van der Waals surface area contributed by atoms with Gasteiger partial charge in [0, 0.05) is 37.7 Å². The number of rotatable bonds is 4. The van der Waals surface area contributed by atoms with E-state index in [0.717, 1.165) is 5.56 Å². The van der Waals surface area contributed by atoms with E-state index in [4.69, 9.17) is 9.84 Å². The van der Waals surface area contributed by atoms with Crippen molar-refractivity contribution in [2.75, 3.05) is 0 Å². The summed E-state index contributed by atoms with van der Waals surface area (Å²) in [7, 11) is 0. The molecule has 1 N–H and O–H groups in total. The molecule has 2 aromatic rings. The molecule has 0 heterocycles. The zero-order valence-electron chi connectivity index (χ0n) is 10.8. The van der Waals surface area contributed by atoms with Crippen LogP contribution in [0.25, 0.3) is 0 Å². The van der Waals surface area contributed by atoms with Gasteiger partial charge in [-0.05, 0) is 17.7 Å². The molecule has 5 heteroatoms. The van der Waals surface area contributed by atoms with Crippen LogP contribution in [0.5, 0.6) is 0 Å². The molecule has 2 rings (SSSR count). The molecular weight excluding hydrogens is 284 g/mol. The van der Waals surface area contributed by atoms with Crippen molar-refractivity contribution in [3.63, 3.8) is 0 Å². The molecule has 0 aliphatic carbocycles. The average Bonchev–Trinajstić information content (AvgIpc) is 2.46. The quantitative estimate of drug-likeness (QED) is 0.695. The van der Waals surface area contributed by atoms with Crippen LogP contribution in [-0.4, -0.2) is 54.8 Å². The topological polar surface area (TPSA) is 63.6 Å². The van der Waals surface area contributed by atoms with Gasteiger partial charge in [-0.2, -0.15) is 0 Å². The van der Waals surface area contributed by atoms with Gasteiger partial charge in [-0.3, -0.25) is 0 Å². The monoisotopic (exact) mass is 296 g/mol. The van der Waals surface area contributed by atoms with Crippen LogP contribution in [0, 0.1) is 0 Å². The van der Waals surface area contributed by atoms with E-state index in [1.807, 2.05) is 30.3 Å². The van der Waals surface area contributed by atoms with Crippen molar-refractivity contribution in [3.05, 3.63) is 71.3 Å². The number of carboxylic acid groups (broad SMARTS) is 1. The fourth-order valence-electron chi connectivity index (χ4n) is 1.65. The molecule has 0 aromatic heterocycles. The molecule has 0 fully saturated rings. The summed E-state index contributed by atoms with van der Waals surface area (Å²) in [6.07, 6.45) is 0. The van der Waals surface area contributed by atoms with Crippen LogP contribution in [0.2, 0.25) is 0 Å². The van der Waals surface area contributed by atoms with E-state index in [1.54, 1.807) is 12.1 Å². The third-order valence-corrected chi connectivity index (χ3v) is 2.59. The summed E-state index contributed by atoms with van der Waals surface area (Å²) >= 11 is 0. The van der Waals surface area contributed by atoms with Crippen molar-refractivity contribution in [2.45, 2.75) is 6.61 Å². The zero-order valence-corrected chi connectivity index (χ0v) is 13.0. The van der Waals surface area contributed by atoms with Crippen molar-refractivity contribution < 1.29 is 19.4 Å². The van der Waals surface area contributed by atoms with Crippen LogP contribution in [0.15, 0.2) is 54.6 Å². The molecule has 0 spiro atoms. The van der Waals surface area contributed by atoms with Gasteiger partial charge in [0.05, 0.1) is 11.1 Å².